The molecule has 1 aliphatic rings. The largest absolute Gasteiger partial charge is 0.271 e. The van der Waals surface area contributed by atoms with E-state index < -0.39 is 0 Å². The summed E-state index contributed by atoms with van der Waals surface area (Å²) in [4.78, 5) is 0. The average Bonchev–Trinajstić information content (AvgIpc) is 2.42. The van der Waals surface area contributed by atoms with Crippen LogP contribution in [-0.2, 0) is 0 Å². The highest BCUT2D eigenvalue weighted by Gasteiger charge is 2.32. The maximum absolute atomic E-state index is 6.33. The quantitative estimate of drug-likeness (QED) is 0.624. The number of nitrogens with one attached hydrogen (secondary N) is 1. The zero-order valence-electron chi connectivity index (χ0n) is 11.3. The van der Waals surface area contributed by atoms with Gasteiger partial charge in [-0.1, -0.05) is 61.9 Å². The Bertz CT molecular complexity index is 423. The molecule has 0 bridgehead atoms. The molecule has 2 nitrogen and oxygen atoms in total. The first-order chi connectivity index (χ1) is 9.17. The van der Waals surface area contributed by atoms with Crippen molar-refractivity contribution in [1.29, 1.82) is 0 Å². The van der Waals surface area contributed by atoms with E-state index in [1.54, 1.807) is 6.07 Å². The minimum atomic E-state index is 0.120. The van der Waals surface area contributed by atoms with Crippen molar-refractivity contribution in [3.63, 3.8) is 0 Å². The van der Waals surface area contributed by atoms with Crippen molar-refractivity contribution in [2.24, 2.45) is 17.7 Å². The average molecular weight is 301 g/mol. The van der Waals surface area contributed by atoms with E-state index in [9.17, 15) is 0 Å². The Labute approximate surface area is 125 Å². The predicted molar refractivity (Wildman–Crippen MR) is 82.3 cm³/mol. The maximum atomic E-state index is 6.33. The summed E-state index contributed by atoms with van der Waals surface area (Å²) in [6.07, 6.45) is 6.33. The first-order valence-electron chi connectivity index (χ1n) is 7.08. The fraction of sp³-hybridized carbons (Fsp3) is 0.600. The van der Waals surface area contributed by atoms with Gasteiger partial charge in [-0.15, -0.1) is 0 Å². The molecule has 106 valence electrons. The molecule has 0 heterocycles. The predicted octanol–water partition coefficient (Wildman–Crippen LogP) is 4.71. The van der Waals surface area contributed by atoms with Gasteiger partial charge in [0, 0.05) is 10.0 Å². The third kappa shape index (κ3) is 3.43. The highest BCUT2D eigenvalue weighted by atomic mass is 35.5. The zero-order chi connectivity index (χ0) is 13.8. The molecule has 2 rings (SSSR count). The van der Waals surface area contributed by atoms with Gasteiger partial charge in [-0.25, -0.2) is 0 Å². The molecule has 0 spiro atoms. The molecule has 3 atom stereocenters. The van der Waals surface area contributed by atoms with Gasteiger partial charge in [-0.2, -0.15) is 0 Å². The van der Waals surface area contributed by atoms with E-state index in [1.807, 2.05) is 12.1 Å². The van der Waals surface area contributed by atoms with Crippen LogP contribution in [0.1, 0.15) is 50.6 Å². The van der Waals surface area contributed by atoms with Crippen LogP contribution in [0, 0.1) is 11.8 Å². The minimum Gasteiger partial charge on any atom is -0.271 e. The third-order valence-electron chi connectivity index (χ3n) is 4.40. The van der Waals surface area contributed by atoms with Crippen LogP contribution in [0.15, 0.2) is 18.2 Å². The lowest BCUT2D eigenvalue weighted by Gasteiger charge is -2.37. The molecule has 1 aliphatic carbocycles. The molecule has 1 saturated carbocycles. The Morgan fingerprint density at radius 3 is 2.68 bits per heavy atom. The lowest BCUT2D eigenvalue weighted by molar-refractivity contribution is 0.176. The molecule has 0 amide bonds. The molecule has 1 fully saturated rings. The van der Waals surface area contributed by atoms with Crippen molar-refractivity contribution < 1.29 is 0 Å². The van der Waals surface area contributed by atoms with Crippen molar-refractivity contribution in [3.05, 3.63) is 33.8 Å². The Morgan fingerprint density at radius 1 is 1.32 bits per heavy atom. The molecule has 0 aliphatic heterocycles. The monoisotopic (exact) mass is 300 g/mol. The molecular formula is C15H22Cl2N2. The minimum absolute atomic E-state index is 0.120. The third-order valence-corrected chi connectivity index (χ3v) is 4.96. The second kappa shape index (κ2) is 6.94. The summed E-state index contributed by atoms with van der Waals surface area (Å²) in [5, 5.41) is 1.37. The summed E-state index contributed by atoms with van der Waals surface area (Å²) < 4.78 is 0. The van der Waals surface area contributed by atoms with Crippen LogP contribution in [-0.4, -0.2) is 0 Å². The standard InChI is InChI=1S/C15H22Cl2N2/c1-2-10-5-3-4-6-12(10)15(19-18)13-8-7-11(16)9-14(13)17/h7-10,12,15,19H,2-6,18H2,1H3. The SMILES string of the molecule is CCC1CCCCC1C(NN)c1ccc(Cl)cc1Cl. The summed E-state index contributed by atoms with van der Waals surface area (Å²) in [6.45, 7) is 2.26. The molecule has 1 aromatic carbocycles. The molecule has 3 N–H and O–H groups in total. The summed E-state index contributed by atoms with van der Waals surface area (Å²) in [5.74, 6) is 7.10. The van der Waals surface area contributed by atoms with Crippen LogP contribution >= 0.6 is 23.2 Å². The van der Waals surface area contributed by atoms with Crippen molar-refractivity contribution in [2.45, 2.75) is 45.1 Å². The number of hydrogen-bond acceptors (Lipinski definition) is 2. The highest BCUT2D eigenvalue weighted by molar-refractivity contribution is 6.35. The van der Waals surface area contributed by atoms with Crippen LogP contribution in [0.25, 0.3) is 0 Å². The van der Waals surface area contributed by atoms with Crippen LogP contribution in [0.5, 0.6) is 0 Å². The number of benzene rings is 1. The Kier molecular flexibility index (Phi) is 5.52. The van der Waals surface area contributed by atoms with Crippen LogP contribution in [0.2, 0.25) is 10.0 Å². The van der Waals surface area contributed by atoms with Gasteiger partial charge < -0.3 is 0 Å². The van der Waals surface area contributed by atoms with E-state index in [4.69, 9.17) is 29.0 Å². The van der Waals surface area contributed by atoms with E-state index in [2.05, 4.69) is 12.3 Å². The Morgan fingerprint density at radius 2 is 2.05 bits per heavy atom. The van der Waals surface area contributed by atoms with Gasteiger partial charge in [0.05, 0.1) is 6.04 Å². The van der Waals surface area contributed by atoms with Gasteiger partial charge in [0.25, 0.3) is 0 Å². The molecule has 1 aromatic rings. The molecule has 3 unspecified atom stereocenters. The smallest absolute Gasteiger partial charge is 0.0505 e. The molecule has 0 saturated heterocycles. The van der Waals surface area contributed by atoms with E-state index in [1.165, 1.54) is 32.1 Å². The van der Waals surface area contributed by atoms with Crippen LogP contribution in [0.3, 0.4) is 0 Å². The number of halogens is 2. The summed E-state index contributed by atoms with van der Waals surface area (Å²) >= 11 is 12.3. The van der Waals surface area contributed by atoms with Crippen molar-refractivity contribution >= 4 is 23.2 Å². The molecule has 0 aromatic heterocycles. The zero-order valence-corrected chi connectivity index (χ0v) is 12.8. The number of hydrogen-bond donors (Lipinski definition) is 2. The fourth-order valence-corrected chi connectivity index (χ4v) is 3.91. The maximum Gasteiger partial charge on any atom is 0.0505 e. The topological polar surface area (TPSA) is 38.0 Å². The van der Waals surface area contributed by atoms with Crippen LogP contribution < -0.4 is 11.3 Å². The van der Waals surface area contributed by atoms with Crippen molar-refractivity contribution in [3.8, 4) is 0 Å². The van der Waals surface area contributed by atoms with E-state index in [0.717, 1.165) is 11.5 Å². The van der Waals surface area contributed by atoms with Gasteiger partial charge in [-0.05, 0) is 36.0 Å². The van der Waals surface area contributed by atoms with E-state index >= 15 is 0 Å². The highest BCUT2D eigenvalue weighted by Crippen LogP contribution is 2.41. The number of hydrazine groups is 1. The molecule has 4 heteroatoms. The van der Waals surface area contributed by atoms with Gasteiger partial charge in [0.15, 0.2) is 0 Å². The van der Waals surface area contributed by atoms with E-state index in [0.29, 0.717) is 16.0 Å². The van der Waals surface area contributed by atoms with Gasteiger partial charge in [0.1, 0.15) is 0 Å². The first kappa shape index (κ1) is 15.1. The summed E-state index contributed by atoms with van der Waals surface area (Å²) in [6, 6.07) is 5.80. The van der Waals surface area contributed by atoms with Crippen molar-refractivity contribution in [2.75, 3.05) is 0 Å². The lowest BCUT2D eigenvalue weighted by Crippen LogP contribution is -2.38. The summed E-state index contributed by atoms with van der Waals surface area (Å²) in [5.41, 5.74) is 4.05. The van der Waals surface area contributed by atoms with Crippen molar-refractivity contribution in [1.82, 2.24) is 5.43 Å². The molecule has 0 radical (unpaired) electrons. The van der Waals surface area contributed by atoms with E-state index in [-0.39, 0.29) is 6.04 Å². The van der Waals surface area contributed by atoms with Gasteiger partial charge >= 0.3 is 0 Å². The normalized spacial score (nSPS) is 25.3. The Hall–Kier alpha value is -0.280. The lowest BCUT2D eigenvalue weighted by atomic mass is 9.72. The molecule has 19 heavy (non-hydrogen) atoms. The molecular weight excluding hydrogens is 279 g/mol. The van der Waals surface area contributed by atoms with Gasteiger partial charge in [0.2, 0.25) is 0 Å². The second-order valence-corrected chi connectivity index (χ2v) is 6.27. The Balaban J connectivity index is 2.27. The second-order valence-electron chi connectivity index (χ2n) is 5.43. The first-order valence-corrected chi connectivity index (χ1v) is 7.84. The number of nitrogens with two attached hydrogens (primary N) is 1. The summed E-state index contributed by atoms with van der Waals surface area (Å²) in [7, 11) is 0. The van der Waals surface area contributed by atoms with Gasteiger partial charge in [-0.3, -0.25) is 11.3 Å². The fourth-order valence-electron chi connectivity index (χ4n) is 3.38. The number of rotatable bonds is 4. The van der Waals surface area contributed by atoms with Crippen LogP contribution in [0.4, 0.5) is 0 Å².